The number of rotatable bonds is 2. The van der Waals surface area contributed by atoms with E-state index in [1.54, 1.807) is 29.4 Å². The van der Waals surface area contributed by atoms with Gasteiger partial charge < -0.3 is 0 Å². The van der Waals surface area contributed by atoms with Crippen LogP contribution in [0, 0.1) is 0 Å². The van der Waals surface area contributed by atoms with Crippen molar-refractivity contribution in [2.45, 2.75) is 9.92 Å². The van der Waals surface area contributed by atoms with Gasteiger partial charge in [-0.05, 0) is 23.6 Å². The molecule has 0 saturated heterocycles. The summed E-state index contributed by atoms with van der Waals surface area (Å²) in [6.07, 6.45) is 1.63. The van der Waals surface area contributed by atoms with Crippen LogP contribution in [0.2, 0.25) is 0 Å². The van der Waals surface area contributed by atoms with Gasteiger partial charge in [-0.1, -0.05) is 30.0 Å². The molecule has 1 aromatic carbocycles. The Morgan fingerprint density at radius 3 is 2.75 bits per heavy atom. The SMILES string of the molecule is c1ccc(Sc2ncnc3sccc23)cc1. The molecule has 78 valence electrons. The number of aromatic nitrogens is 2. The molecule has 0 N–H and O–H groups in total. The lowest BCUT2D eigenvalue weighted by Crippen LogP contribution is -1.82. The van der Waals surface area contributed by atoms with Gasteiger partial charge >= 0.3 is 0 Å². The van der Waals surface area contributed by atoms with Crippen molar-refractivity contribution in [3.8, 4) is 0 Å². The highest BCUT2D eigenvalue weighted by Gasteiger charge is 2.05. The lowest BCUT2D eigenvalue weighted by molar-refractivity contribution is 1.11. The van der Waals surface area contributed by atoms with Crippen LogP contribution in [0.3, 0.4) is 0 Å². The van der Waals surface area contributed by atoms with Gasteiger partial charge in [-0.25, -0.2) is 9.97 Å². The standard InChI is InChI=1S/C12H8N2S2/c1-2-4-9(5-3-1)16-12-10-6-7-15-11(10)13-8-14-12/h1-8H. The summed E-state index contributed by atoms with van der Waals surface area (Å²) in [7, 11) is 0. The summed E-state index contributed by atoms with van der Waals surface area (Å²) in [5.41, 5.74) is 0. The van der Waals surface area contributed by atoms with Gasteiger partial charge in [0, 0.05) is 10.3 Å². The number of thiophene rings is 1. The first-order chi connectivity index (χ1) is 7.93. The summed E-state index contributed by atoms with van der Waals surface area (Å²) < 4.78 is 0. The van der Waals surface area contributed by atoms with E-state index in [-0.39, 0.29) is 0 Å². The van der Waals surface area contributed by atoms with Gasteiger partial charge in [0.2, 0.25) is 0 Å². The molecule has 3 rings (SSSR count). The highest BCUT2D eigenvalue weighted by atomic mass is 32.2. The summed E-state index contributed by atoms with van der Waals surface area (Å²) in [6.45, 7) is 0. The monoisotopic (exact) mass is 244 g/mol. The predicted molar refractivity (Wildman–Crippen MR) is 68.0 cm³/mol. The number of hydrogen-bond acceptors (Lipinski definition) is 4. The maximum absolute atomic E-state index is 4.33. The van der Waals surface area contributed by atoms with Crippen molar-refractivity contribution in [1.29, 1.82) is 0 Å². The summed E-state index contributed by atoms with van der Waals surface area (Å²) >= 11 is 3.32. The van der Waals surface area contributed by atoms with Crippen molar-refractivity contribution >= 4 is 33.3 Å². The molecule has 2 heterocycles. The summed E-state index contributed by atoms with van der Waals surface area (Å²) in [5.74, 6) is 0. The molecule has 0 aliphatic heterocycles. The Morgan fingerprint density at radius 2 is 1.88 bits per heavy atom. The Bertz CT molecular complexity index is 604. The molecule has 16 heavy (non-hydrogen) atoms. The first-order valence-corrected chi connectivity index (χ1v) is 6.54. The minimum atomic E-state index is 1.03. The van der Waals surface area contributed by atoms with Crippen LogP contribution in [0.4, 0.5) is 0 Å². The molecule has 0 radical (unpaired) electrons. The Hall–Kier alpha value is -1.39. The second-order valence-electron chi connectivity index (χ2n) is 3.23. The maximum atomic E-state index is 4.33. The van der Waals surface area contributed by atoms with Crippen LogP contribution in [0.1, 0.15) is 0 Å². The van der Waals surface area contributed by atoms with Crippen LogP contribution in [-0.4, -0.2) is 9.97 Å². The van der Waals surface area contributed by atoms with Gasteiger partial charge in [0.05, 0.1) is 0 Å². The molecule has 3 aromatic rings. The van der Waals surface area contributed by atoms with Crippen molar-refractivity contribution < 1.29 is 0 Å². The summed E-state index contributed by atoms with van der Waals surface area (Å²) in [5, 5.41) is 4.22. The Balaban J connectivity index is 2.04. The number of nitrogens with zero attached hydrogens (tertiary/aromatic N) is 2. The van der Waals surface area contributed by atoms with E-state index in [4.69, 9.17) is 0 Å². The van der Waals surface area contributed by atoms with E-state index in [9.17, 15) is 0 Å². The second kappa shape index (κ2) is 4.23. The lowest BCUT2D eigenvalue weighted by atomic mass is 10.4. The number of fused-ring (bicyclic) bond motifs is 1. The Kier molecular flexibility index (Phi) is 2.60. The van der Waals surface area contributed by atoms with E-state index in [0.29, 0.717) is 0 Å². The fourth-order valence-electron chi connectivity index (χ4n) is 1.45. The molecule has 2 aromatic heterocycles. The van der Waals surface area contributed by atoms with Crippen LogP contribution < -0.4 is 0 Å². The van der Waals surface area contributed by atoms with E-state index < -0.39 is 0 Å². The molecular weight excluding hydrogens is 236 g/mol. The van der Waals surface area contributed by atoms with Gasteiger partial charge in [0.1, 0.15) is 16.2 Å². The van der Waals surface area contributed by atoms with Crippen LogP contribution in [0.15, 0.2) is 58.0 Å². The maximum Gasteiger partial charge on any atom is 0.127 e. The molecule has 2 nitrogen and oxygen atoms in total. The first-order valence-electron chi connectivity index (χ1n) is 4.84. The van der Waals surface area contributed by atoms with E-state index in [1.807, 2.05) is 18.2 Å². The number of hydrogen-bond donors (Lipinski definition) is 0. The van der Waals surface area contributed by atoms with Crippen LogP contribution >= 0.6 is 23.1 Å². The molecule has 0 saturated carbocycles. The average molecular weight is 244 g/mol. The number of benzene rings is 1. The van der Waals surface area contributed by atoms with Gasteiger partial charge in [-0.15, -0.1) is 11.3 Å². The zero-order valence-electron chi connectivity index (χ0n) is 8.33. The fraction of sp³-hybridized carbons (Fsp3) is 0. The normalized spacial score (nSPS) is 10.8. The molecule has 4 heteroatoms. The first kappa shape index (κ1) is 9.81. The molecule has 0 amide bonds. The Morgan fingerprint density at radius 1 is 1.00 bits per heavy atom. The summed E-state index contributed by atoms with van der Waals surface area (Å²) in [6, 6.07) is 12.3. The van der Waals surface area contributed by atoms with E-state index in [1.165, 1.54) is 4.90 Å². The van der Waals surface area contributed by atoms with Crippen LogP contribution in [0.25, 0.3) is 10.2 Å². The molecular formula is C12H8N2S2. The van der Waals surface area contributed by atoms with Gasteiger partial charge in [-0.2, -0.15) is 0 Å². The minimum absolute atomic E-state index is 1.03. The van der Waals surface area contributed by atoms with Crippen LogP contribution in [-0.2, 0) is 0 Å². The van der Waals surface area contributed by atoms with Crippen molar-refractivity contribution in [2.24, 2.45) is 0 Å². The van der Waals surface area contributed by atoms with E-state index >= 15 is 0 Å². The van der Waals surface area contributed by atoms with Crippen molar-refractivity contribution in [3.63, 3.8) is 0 Å². The highest BCUT2D eigenvalue weighted by Crippen LogP contribution is 2.32. The third-order valence-electron chi connectivity index (χ3n) is 2.18. The molecule has 0 aliphatic carbocycles. The molecule has 0 aliphatic rings. The zero-order chi connectivity index (χ0) is 10.8. The van der Waals surface area contributed by atoms with Crippen molar-refractivity contribution in [2.75, 3.05) is 0 Å². The van der Waals surface area contributed by atoms with E-state index in [2.05, 4.69) is 33.5 Å². The average Bonchev–Trinajstić information content (AvgIpc) is 2.80. The molecule has 0 spiro atoms. The fourth-order valence-corrected chi connectivity index (χ4v) is 3.14. The van der Waals surface area contributed by atoms with Gasteiger partial charge in [-0.3, -0.25) is 0 Å². The largest absolute Gasteiger partial charge is 0.229 e. The second-order valence-corrected chi connectivity index (χ2v) is 5.19. The van der Waals surface area contributed by atoms with E-state index in [0.717, 1.165) is 15.2 Å². The zero-order valence-corrected chi connectivity index (χ0v) is 9.96. The smallest absolute Gasteiger partial charge is 0.127 e. The minimum Gasteiger partial charge on any atom is -0.229 e. The third kappa shape index (κ3) is 1.81. The van der Waals surface area contributed by atoms with Gasteiger partial charge in [0.15, 0.2) is 0 Å². The predicted octanol–water partition coefficient (Wildman–Crippen LogP) is 3.84. The topological polar surface area (TPSA) is 25.8 Å². The third-order valence-corrected chi connectivity index (χ3v) is 4.03. The quantitative estimate of drug-likeness (QED) is 0.640. The van der Waals surface area contributed by atoms with Crippen molar-refractivity contribution in [1.82, 2.24) is 9.97 Å². The molecule has 0 unspecified atom stereocenters. The lowest BCUT2D eigenvalue weighted by Gasteiger charge is -2.00. The van der Waals surface area contributed by atoms with Gasteiger partial charge in [0.25, 0.3) is 0 Å². The molecule has 0 atom stereocenters. The van der Waals surface area contributed by atoms with Crippen LogP contribution in [0.5, 0.6) is 0 Å². The molecule has 0 fully saturated rings. The molecule has 0 bridgehead atoms. The highest BCUT2D eigenvalue weighted by molar-refractivity contribution is 7.99. The van der Waals surface area contributed by atoms with Crippen molar-refractivity contribution in [3.05, 3.63) is 48.1 Å². The summed E-state index contributed by atoms with van der Waals surface area (Å²) in [4.78, 5) is 10.8. The Labute approximate surface area is 101 Å².